The van der Waals surface area contributed by atoms with E-state index >= 15 is 17.6 Å². The molecule has 0 spiro atoms. The van der Waals surface area contributed by atoms with Gasteiger partial charge in [-0.3, -0.25) is 0 Å². The van der Waals surface area contributed by atoms with Gasteiger partial charge in [-0.25, -0.2) is 39.5 Å². The normalized spacial score (nSPS) is 11.4. The minimum Gasteiger partial charge on any atom is -0.484 e. The first-order valence-corrected chi connectivity index (χ1v) is 24.5. The number of hydrogen-bond donors (Lipinski definition) is 0. The predicted molar refractivity (Wildman–Crippen MR) is 239 cm³/mol. The molecule has 0 radical (unpaired) electrons. The predicted octanol–water partition coefficient (Wildman–Crippen LogP) is 17.6. The van der Waals surface area contributed by atoms with Crippen LogP contribution >= 0.6 is 0 Å². The van der Waals surface area contributed by atoms with Crippen molar-refractivity contribution in [1.29, 1.82) is 0 Å². The Morgan fingerprint density at radius 1 is 0.313 bits per heavy atom. The van der Waals surface area contributed by atoms with Gasteiger partial charge in [0.1, 0.15) is 5.69 Å². The van der Waals surface area contributed by atoms with E-state index in [-0.39, 0.29) is 25.2 Å². The standard InChI is InChI=1S/C50H68BF12NO3/c1-3-5-7-9-11-13-15-17-19-21-23-25-27-29-31-64(32-30-28-26-24-22-20-18-16-14-12-10-8-6-4-2)47-42(59)41(58)45(62)50(46(47)63)67-51(65-48-37(54)33-35(52)39(56)43(48)60)66-49-38(55)34-36(53)40(57)44(49)61/h33-34H,3-32H2,1-2H3. The molecule has 0 saturated heterocycles. The molecule has 0 aliphatic carbocycles. The molecule has 0 fully saturated rings. The Labute approximate surface area is 389 Å². The third-order valence-electron chi connectivity index (χ3n) is 11.9. The molecule has 0 N–H and O–H groups in total. The van der Waals surface area contributed by atoms with Gasteiger partial charge in [-0.1, -0.05) is 181 Å². The van der Waals surface area contributed by atoms with Crippen LogP contribution < -0.4 is 18.9 Å². The van der Waals surface area contributed by atoms with Crippen molar-refractivity contribution in [2.24, 2.45) is 0 Å². The zero-order valence-corrected chi connectivity index (χ0v) is 39.2. The molecular formula is C50H68BF12NO3. The molecule has 0 aliphatic heterocycles. The summed E-state index contributed by atoms with van der Waals surface area (Å²) < 4.78 is 192. The molecular weight excluding hydrogens is 901 g/mol. The molecule has 67 heavy (non-hydrogen) atoms. The maximum atomic E-state index is 16.5. The van der Waals surface area contributed by atoms with Gasteiger partial charge in [-0.05, 0) is 12.8 Å². The maximum Gasteiger partial charge on any atom is 0.864 e. The van der Waals surface area contributed by atoms with Gasteiger partial charge in [0.15, 0.2) is 63.8 Å². The van der Waals surface area contributed by atoms with Gasteiger partial charge in [0.2, 0.25) is 23.3 Å². The molecule has 0 saturated carbocycles. The quantitative estimate of drug-likeness (QED) is 0.0189. The van der Waals surface area contributed by atoms with Gasteiger partial charge in [-0.2, -0.15) is 13.2 Å². The van der Waals surface area contributed by atoms with Crippen molar-refractivity contribution in [2.75, 3.05) is 18.0 Å². The highest BCUT2D eigenvalue weighted by atomic mass is 19.2. The SMILES string of the molecule is CCCCCCCCCCCCCCCCN(CCCCCCCCCCCCCCCC)c1c(F)c(F)c(F)c(OB(Oc2c(F)cc(F)c(F)c2F)Oc2c(F)cc(F)c(F)c2F)c1F. The van der Waals surface area contributed by atoms with Gasteiger partial charge in [-0.15, -0.1) is 0 Å². The number of nitrogens with zero attached hydrogens (tertiary/aromatic N) is 1. The number of rotatable bonds is 37. The fourth-order valence-electron chi connectivity index (χ4n) is 7.99. The topological polar surface area (TPSA) is 30.9 Å². The van der Waals surface area contributed by atoms with Crippen molar-refractivity contribution >= 4 is 13.0 Å². The molecule has 0 bridgehead atoms. The van der Waals surface area contributed by atoms with Gasteiger partial charge in [0.05, 0.1) is 0 Å². The number of benzene rings is 3. The summed E-state index contributed by atoms with van der Waals surface area (Å²) in [5.74, 6) is -32.2. The van der Waals surface area contributed by atoms with Crippen molar-refractivity contribution in [3.63, 3.8) is 0 Å². The van der Waals surface area contributed by atoms with Crippen LogP contribution in [0.2, 0.25) is 0 Å². The van der Waals surface area contributed by atoms with E-state index in [1.165, 1.54) is 89.9 Å². The van der Waals surface area contributed by atoms with Crippen molar-refractivity contribution in [1.82, 2.24) is 0 Å². The van der Waals surface area contributed by atoms with Crippen LogP contribution in [0.15, 0.2) is 12.1 Å². The zero-order chi connectivity index (χ0) is 49.1. The molecule has 0 unspecified atom stereocenters. The third kappa shape index (κ3) is 19.2. The Morgan fingerprint density at radius 2 is 0.597 bits per heavy atom. The number of halogens is 12. The van der Waals surface area contributed by atoms with Crippen LogP contribution in [0.4, 0.5) is 58.4 Å². The number of anilines is 1. The third-order valence-corrected chi connectivity index (χ3v) is 11.9. The fourth-order valence-corrected chi connectivity index (χ4v) is 7.99. The molecule has 3 aromatic rings. The minimum absolute atomic E-state index is 0.0399. The van der Waals surface area contributed by atoms with Crippen LogP contribution in [0.5, 0.6) is 17.2 Å². The van der Waals surface area contributed by atoms with E-state index in [9.17, 15) is 35.1 Å². The summed E-state index contributed by atoms with van der Waals surface area (Å²) in [6, 6.07) is -0.486. The maximum absolute atomic E-state index is 16.5. The molecule has 17 heteroatoms. The summed E-state index contributed by atoms with van der Waals surface area (Å²) in [5, 5.41) is 0. The summed E-state index contributed by atoms with van der Waals surface area (Å²) >= 11 is 0. The van der Waals surface area contributed by atoms with Gasteiger partial charge in [0, 0.05) is 25.2 Å². The average molecular weight is 970 g/mol. The summed E-state index contributed by atoms with van der Waals surface area (Å²) in [4.78, 5) is 1.15. The van der Waals surface area contributed by atoms with Crippen molar-refractivity contribution in [2.45, 2.75) is 194 Å². The second kappa shape index (κ2) is 32.0. The lowest BCUT2D eigenvalue weighted by atomic mass is 10.0. The van der Waals surface area contributed by atoms with Crippen LogP contribution in [0.3, 0.4) is 0 Å². The summed E-state index contributed by atoms with van der Waals surface area (Å²) in [7, 11) is -3.28. The van der Waals surface area contributed by atoms with E-state index in [4.69, 9.17) is 4.65 Å². The van der Waals surface area contributed by atoms with Crippen LogP contribution in [0.25, 0.3) is 0 Å². The second-order valence-corrected chi connectivity index (χ2v) is 17.3. The highest BCUT2D eigenvalue weighted by Gasteiger charge is 2.41. The minimum atomic E-state index is -3.28. The summed E-state index contributed by atoms with van der Waals surface area (Å²) in [6.45, 7) is 4.29. The zero-order valence-electron chi connectivity index (χ0n) is 39.2. The number of unbranched alkanes of at least 4 members (excludes halogenated alkanes) is 26. The van der Waals surface area contributed by atoms with E-state index < -0.39 is 100 Å². The first-order chi connectivity index (χ1) is 32.2. The van der Waals surface area contributed by atoms with Gasteiger partial charge < -0.3 is 18.9 Å². The first kappa shape index (κ1) is 57.4. The molecule has 0 aromatic heterocycles. The first-order valence-electron chi connectivity index (χ1n) is 24.5. The average Bonchev–Trinajstić information content (AvgIpc) is 3.30. The van der Waals surface area contributed by atoms with Crippen molar-refractivity contribution < 1.29 is 66.6 Å². The van der Waals surface area contributed by atoms with Gasteiger partial charge in [0.25, 0.3) is 0 Å². The Bertz CT molecular complexity index is 1810. The van der Waals surface area contributed by atoms with Crippen molar-refractivity contribution in [3.05, 3.63) is 81.9 Å². The van der Waals surface area contributed by atoms with E-state index in [0.717, 1.165) is 69.1 Å². The largest absolute Gasteiger partial charge is 0.864 e. The summed E-state index contributed by atoms with van der Waals surface area (Å²) in [6.07, 6.45) is 29.1. The number of hydrogen-bond acceptors (Lipinski definition) is 4. The Balaban J connectivity index is 1.79. The van der Waals surface area contributed by atoms with Crippen LogP contribution in [0.1, 0.15) is 194 Å². The monoisotopic (exact) mass is 970 g/mol. The van der Waals surface area contributed by atoms with Crippen LogP contribution in [-0.2, 0) is 0 Å². The second-order valence-electron chi connectivity index (χ2n) is 17.3. The smallest absolute Gasteiger partial charge is 0.484 e. The van der Waals surface area contributed by atoms with Crippen LogP contribution in [-0.4, -0.2) is 20.4 Å². The molecule has 378 valence electrons. The Kier molecular flexibility index (Phi) is 27.4. The van der Waals surface area contributed by atoms with E-state index in [2.05, 4.69) is 23.2 Å². The van der Waals surface area contributed by atoms with Crippen molar-refractivity contribution in [3.8, 4) is 17.2 Å². The Hall–Kier alpha value is -3.92. The lowest BCUT2D eigenvalue weighted by molar-refractivity contribution is 0.258. The lowest BCUT2D eigenvalue weighted by Gasteiger charge is -2.27. The molecule has 0 atom stereocenters. The summed E-state index contributed by atoms with van der Waals surface area (Å²) in [5.41, 5.74) is -1.12. The van der Waals surface area contributed by atoms with Gasteiger partial charge >= 0.3 is 7.32 Å². The molecule has 0 aliphatic rings. The highest BCUT2D eigenvalue weighted by molar-refractivity contribution is 6.39. The molecule has 0 amide bonds. The van der Waals surface area contributed by atoms with E-state index in [1.807, 2.05) is 0 Å². The molecule has 3 rings (SSSR count). The molecule has 0 heterocycles. The lowest BCUT2D eigenvalue weighted by Crippen LogP contribution is -2.39. The fraction of sp³-hybridized carbons (Fsp3) is 0.640. The molecule has 4 nitrogen and oxygen atoms in total. The van der Waals surface area contributed by atoms with E-state index in [0.29, 0.717) is 25.7 Å². The van der Waals surface area contributed by atoms with Crippen LogP contribution in [0, 0.1) is 69.8 Å². The highest BCUT2D eigenvalue weighted by Crippen LogP contribution is 2.38. The molecule has 3 aromatic carbocycles. The Morgan fingerprint density at radius 3 is 0.925 bits per heavy atom. The van der Waals surface area contributed by atoms with E-state index in [1.54, 1.807) is 0 Å².